The maximum atomic E-state index is 14.8. The molecule has 1 atom stereocenters. The second kappa shape index (κ2) is 10.7. The lowest BCUT2D eigenvalue weighted by atomic mass is 9.91. The number of fused-ring (bicyclic) bond motifs is 1. The standard InChI is InChI=1S/C26H33ClF2N4O3/c1-14(2)35-7-8-36-23-12-20-22(13-21(23)27)32-16(4)33-24(20)31-15(3)17-9-18(11-19(30)10-17)26(28,29)25(5,6)34/h9-15,34H,7-8,30H2,1-6H3,(H,31,32,33)/t15-/m1/s1. The molecule has 0 unspecified atom stereocenters. The minimum atomic E-state index is -3.50. The molecule has 1 aromatic heterocycles. The van der Waals surface area contributed by atoms with E-state index in [9.17, 15) is 13.9 Å². The predicted molar refractivity (Wildman–Crippen MR) is 139 cm³/mol. The summed E-state index contributed by atoms with van der Waals surface area (Å²) in [4.78, 5) is 8.99. The van der Waals surface area contributed by atoms with Gasteiger partial charge in [-0.1, -0.05) is 11.6 Å². The van der Waals surface area contributed by atoms with E-state index in [4.69, 9.17) is 26.8 Å². The SMILES string of the molecule is Cc1nc(N[C@H](C)c2cc(N)cc(C(F)(F)C(C)(C)O)c2)c2cc(OCCOC(C)C)c(Cl)cc2n1. The maximum Gasteiger partial charge on any atom is 0.300 e. The fourth-order valence-electron chi connectivity index (χ4n) is 3.65. The van der Waals surface area contributed by atoms with Crippen molar-refractivity contribution in [3.05, 3.63) is 52.3 Å². The van der Waals surface area contributed by atoms with E-state index in [1.807, 2.05) is 13.8 Å². The molecule has 0 spiro atoms. The Bertz CT molecular complexity index is 1230. The van der Waals surface area contributed by atoms with Gasteiger partial charge in [-0.3, -0.25) is 0 Å². The molecule has 0 aliphatic rings. The van der Waals surface area contributed by atoms with E-state index >= 15 is 0 Å². The first-order valence-electron chi connectivity index (χ1n) is 11.7. The number of nitrogens with zero attached hydrogens (tertiary/aromatic N) is 2. The van der Waals surface area contributed by atoms with Gasteiger partial charge in [-0.15, -0.1) is 0 Å². The van der Waals surface area contributed by atoms with Crippen LogP contribution in [0.2, 0.25) is 5.02 Å². The number of nitrogens with one attached hydrogen (secondary N) is 1. The molecule has 0 amide bonds. The van der Waals surface area contributed by atoms with Gasteiger partial charge in [0.05, 0.1) is 29.3 Å². The second-order valence-electron chi connectivity index (χ2n) is 9.58. The number of benzene rings is 2. The molecular formula is C26H33ClF2N4O3. The lowest BCUT2D eigenvalue weighted by Gasteiger charge is -2.30. The zero-order valence-corrected chi connectivity index (χ0v) is 22.1. The van der Waals surface area contributed by atoms with Crippen molar-refractivity contribution >= 4 is 34.0 Å². The maximum absolute atomic E-state index is 14.8. The van der Waals surface area contributed by atoms with E-state index in [1.54, 1.807) is 32.0 Å². The van der Waals surface area contributed by atoms with Crippen molar-refractivity contribution in [2.45, 2.75) is 65.2 Å². The lowest BCUT2D eigenvalue weighted by molar-refractivity contribution is -0.168. The number of aliphatic hydroxyl groups is 1. The molecule has 0 saturated carbocycles. The van der Waals surface area contributed by atoms with E-state index in [1.165, 1.54) is 12.1 Å². The molecule has 0 radical (unpaired) electrons. The normalized spacial score (nSPS) is 13.3. The summed E-state index contributed by atoms with van der Waals surface area (Å²) in [6.07, 6.45) is 0.0882. The molecule has 0 fully saturated rings. The third-order valence-electron chi connectivity index (χ3n) is 5.62. The minimum Gasteiger partial charge on any atom is -0.490 e. The van der Waals surface area contributed by atoms with Crippen LogP contribution in [-0.2, 0) is 10.7 Å². The summed E-state index contributed by atoms with van der Waals surface area (Å²) in [5, 5.41) is 14.3. The van der Waals surface area contributed by atoms with Crippen LogP contribution in [0.1, 0.15) is 57.6 Å². The number of hydrogen-bond acceptors (Lipinski definition) is 7. The Labute approximate surface area is 215 Å². The van der Waals surface area contributed by atoms with Gasteiger partial charge in [0, 0.05) is 16.6 Å². The number of aromatic nitrogens is 2. The topological polar surface area (TPSA) is 103 Å². The number of rotatable bonds is 10. The van der Waals surface area contributed by atoms with Gasteiger partial charge in [-0.25, -0.2) is 9.97 Å². The van der Waals surface area contributed by atoms with Crippen LogP contribution >= 0.6 is 11.6 Å². The Balaban J connectivity index is 1.94. The molecule has 0 saturated heterocycles. The molecule has 2 aromatic carbocycles. The molecule has 7 nitrogen and oxygen atoms in total. The zero-order valence-electron chi connectivity index (χ0n) is 21.3. The van der Waals surface area contributed by atoms with Crippen molar-refractivity contribution < 1.29 is 23.4 Å². The van der Waals surface area contributed by atoms with Gasteiger partial charge in [-0.2, -0.15) is 8.78 Å². The van der Waals surface area contributed by atoms with Gasteiger partial charge < -0.3 is 25.6 Å². The van der Waals surface area contributed by atoms with E-state index in [0.29, 0.717) is 52.1 Å². The van der Waals surface area contributed by atoms with Crippen LogP contribution in [0.5, 0.6) is 5.75 Å². The van der Waals surface area contributed by atoms with Gasteiger partial charge in [0.1, 0.15) is 29.6 Å². The van der Waals surface area contributed by atoms with Crippen molar-refractivity contribution in [2.24, 2.45) is 0 Å². The highest BCUT2D eigenvalue weighted by Crippen LogP contribution is 2.41. The Kier molecular flexibility index (Phi) is 8.27. The van der Waals surface area contributed by atoms with Crippen LogP contribution in [0.4, 0.5) is 20.3 Å². The smallest absolute Gasteiger partial charge is 0.300 e. The fraction of sp³-hybridized carbons (Fsp3) is 0.462. The monoisotopic (exact) mass is 522 g/mol. The molecule has 0 aliphatic heterocycles. The summed E-state index contributed by atoms with van der Waals surface area (Å²) < 4.78 is 41.0. The Morgan fingerprint density at radius 1 is 1.08 bits per heavy atom. The summed E-state index contributed by atoms with van der Waals surface area (Å²) in [6, 6.07) is 7.10. The van der Waals surface area contributed by atoms with Crippen LogP contribution in [0.25, 0.3) is 10.9 Å². The summed E-state index contributed by atoms with van der Waals surface area (Å²) in [5.74, 6) is -2.05. The number of anilines is 2. The van der Waals surface area contributed by atoms with E-state index in [2.05, 4.69) is 15.3 Å². The van der Waals surface area contributed by atoms with Gasteiger partial charge in [0.2, 0.25) is 0 Å². The van der Waals surface area contributed by atoms with Crippen molar-refractivity contribution in [1.82, 2.24) is 9.97 Å². The van der Waals surface area contributed by atoms with Crippen molar-refractivity contribution in [3.8, 4) is 5.75 Å². The Morgan fingerprint density at radius 2 is 1.78 bits per heavy atom. The molecule has 196 valence electrons. The van der Waals surface area contributed by atoms with E-state index < -0.39 is 17.6 Å². The molecule has 3 aromatic rings. The summed E-state index contributed by atoms with van der Waals surface area (Å²) in [6.45, 7) is 10.3. The van der Waals surface area contributed by atoms with E-state index in [-0.39, 0.29) is 17.4 Å². The number of hydrogen-bond donors (Lipinski definition) is 3. The molecule has 0 bridgehead atoms. The largest absolute Gasteiger partial charge is 0.490 e. The molecule has 1 heterocycles. The second-order valence-corrected chi connectivity index (χ2v) is 9.98. The summed E-state index contributed by atoms with van der Waals surface area (Å²) in [5.41, 5.74) is 4.60. The summed E-state index contributed by atoms with van der Waals surface area (Å²) >= 11 is 6.41. The van der Waals surface area contributed by atoms with Crippen LogP contribution in [0.15, 0.2) is 30.3 Å². The van der Waals surface area contributed by atoms with Crippen molar-refractivity contribution in [1.29, 1.82) is 0 Å². The third-order valence-corrected chi connectivity index (χ3v) is 5.91. The molecular weight excluding hydrogens is 490 g/mol. The van der Waals surface area contributed by atoms with Gasteiger partial charge in [-0.05, 0) is 77.4 Å². The van der Waals surface area contributed by atoms with Crippen molar-refractivity contribution in [2.75, 3.05) is 24.3 Å². The third kappa shape index (κ3) is 6.32. The van der Waals surface area contributed by atoms with Crippen LogP contribution in [0.3, 0.4) is 0 Å². The van der Waals surface area contributed by atoms with E-state index in [0.717, 1.165) is 13.8 Å². The highest BCUT2D eigenvalue weighted by molar-refractivity contribution is 6.32. The van der Waals surface area contributed by atoms with Crippen molar-refractivity contribution in [3.63, 3.8) is 0 Å². The molecule has 10 heteroatoms. The van der Waals surface area contributed by atoms with Gasteiger partial charge >= 0.3 is 5.92 Å². The Hall–Kier alpha value is -2.75. The Morgan fingerprint density at radius 3 is 2.42 bits per heavy atom. The summed E-state index contributed by atoms with van der Waals surface area (Å²) in [7, 11) is 0. The molecule has 36 heavy (non-hydrogen) atoms. The number of ether oxygens (including phenoxy) is 2. The highest BCUT2D eigenvalue weighted by Gasteiger charge is 2.47. The van der Waals surface area contributed by atoms with Gasteiger partial charge in [0.25, 0.3) is 0 Å². The average molecular weight is 523 g/mol. The van der Waals surface area contributed by atoms with Gasteiger partial charge in [0.15, 0.2) is 0 Å². The molecule has 0 aliphatic carbocycles. The van der Waals surface area contributed by atoms with Crippen LogP contribution < -0.4 is 15.8 Å². The molecule has 3 rings (SSSR count). The first-order valence-corrected chi connectivity index (χ1v) is 12.1. The van der Waals surface area contributed by atoms with Crippen LogP contribution in [0, 0.1) is 6.92 Å². The highest BCUT2D eigenvalue weighted by atomic mass is 35.5. The average Bonchev–Trinajstić information content (AvgIpc) is 2.75. The number of halogens is 3. The number of aryl methyl sites for hydroxylation is 1. The minimum absolute atomic E-state index is 0.0882. The first-order chi connectivity index (χ1) is 16.7. The number of nitrogens with two attached hydrogens (primary N) is 1. The zero-order chi connectivity index (χ0) is 26.8. The lowest BCUT2D eigenvalue weighted by Crippen LogP contribution is -2.40. The molecule has 4 N–H and O–H groups in total. The van der Waals surface area contributed by atoms with Crippen LogP contribution in [-0.4, -0.2) is 40.0 Å². The number of alkyl halides is 2. The first kappa shape index (κ1) is 27.8. The fourth-order valence-corrected chi connectivity index (χ4v) is 3.86. The number of nitrogen functional groups attached to an aromatic ring is 1. The quantitative estimate of drug-likeness (QED) is 0.221. The predicted octanol–water partition coefficient (Wildman–Crippen LogP) is 6.01.